The van der Waals surface area contributed by atoms with E-state index in [-0.39, 0.29) is 11.4 Å². The van der Waals surface area contributed by atoms with Gasteiger partial charge in [-0.3, -0.25) is 10.6 Å². The lowest BCUT2D eigenvalue weighted by molar-refractivity contribution is -0.721. The number of nitrogens with two attached hydrogens (primary N) is 1. The Labute approximate surface area is 109 Å². The van der Waals surface area contributed by atoms with E-state index >= 15 is 0 Å². The molecular weight excluding hydrogens is 247 g/mol. The molecule has 19 heavy (non-hydrogen) atoms. The van der Waals surface area contributed by atoms with Gasteiger partial charge in [-0.25, -0.2) is 9.18 Å². The van der Waals surface area contributed by atoms with Crippen LogP contribution in [0.5, 0.6) is 0 Å². The Bertz CT molecular complexity index is 612. The van der Waals surface area contributed by atoms with Gasteiger partial charge in [0.05, 0.1) is 5.56 Å². The zero-order valence-corrected chi connectivity index (χ0v) is 9.97. The lowest BCUT2D eigenvalue weighted by Crippen LogP contribution is -2.75. The summed E-state index contributed by atoms with van der Waals surface area (Å²) in [6.45, 7) is 0. The molecule has 0 radical (unpaired) electrons. The number of halogens is 1. The van der Waals surface area contributed by atoms with Gasteiger partial charge in [-0.05, 0) is 24.3 Å². The van der Waals surface area contributed by atoms with Crippen LogP contribution < -0.4 is 10.9 Å². The highest BCUT2D eigenvalue weighted by Gasteiger charge is 2.14. The third kappa shape index (κ3) is 3.16. The van der Waals surface area contributed by atoms with Gasteiger partial charge < -0.3 is 0 Å². The summed E-state index contributed by atoms with van der Waals surface area (Å²) in [5, 5.41) is 2.30. The van der Waals surface area contributed by atoms with Crippen molar-refractivity contribution in [2.75, 3.05) is 0 Å². The van der Waals surface area contributed by atoms with Crippen LogP contribution in [0.25, 0.3) is 0 Å². The van der Waals surface area contributed by atoms with Crippen LogP contribution in [-0.4, -0.2) is 11.8 Å². The molecule has 0 aliphatic heterocycles. The first kappa shape index (κ1) is 12.8. The van der Waals surface area contributed by atoms with Gasteiger partial charge in [0.25, 0.3) is 0 Å². The molecule has 0 saturated carbocycles. The summed E-state index contributed by atoms with van der Waals surface area (Å²) in [4.78, 5) is 16.3. The van der Waals surface area contributed by atoms with Gasteiger partial charge in [0.15, 0.2) is 0 Å². The van der Waals surface area contributed by atoms with Gasteiger partial charge in [0.1, 0.15) is 11.4 Å². The molecule has 2 aromatic rings. The third-order valence-corrected chi connectivity index (χ3v) is 2.43. The Morgan fingerprint density at radius 3 is 2.37 bits per heavy atom. The van der Waals surface area contributed by atoms with Gasteiger partial charge in [-0.2, -0.15) is 0 Å². The largest absolute Gasteiger partial charge is 0.390 e. The van der Waals surface area contributed by atoms with Crippen LogP contribution in [0.15, 0.2) is 54.6 Å². The summed E-state index contributed by atoms with van der Waals surface area (Å²) in [5.74, 6) is -1.31. The van der Waals surface area contributed by atoms with E-state index in [1.54, 1.807) is 30.3 Å². The zero-order valence-electron chi connectivity index (χ0n) is 9.97. The topological polar surface area (TPSA) is 66.3 Å². The van der Waals surface area contributed by atoms with Gasteiger partial charge in [0.2, 0.25) is 0 Å². The number of hydrogen-bond acceptors (Lipinski definition) is 2. The molecule has 2 rings (SSSR count). The summed E-state index contributed by atoms with van der Waals surface area (Å²) >= 11 is 0. The van der Waals surface area contributed by atoms with Crippen LogP contribution in [0.1, 0.15) is 15.9 Å². The normalized spacial score (nSPS) is 11.1. The van der Waals surface area contributed by atoms with Crippen LogP contribution in [0, 0.1) is 5.82 Å². The Hall–Kier alpha value is -2.69. The first-order chi connectivity index (χ1) is 9.18. The molecule has 2 aromatic carbocycles. The van der Waals surface area contributed by atoms with E-state index in [9.17, 15) is 9.18 Å². The van der Waals surface area contributed by atoms with Crippen molar-refractivity contribution in [3.63, 3.8) is 0 Å². The minimum atomic E-state index is -0.836. The second kappa shape index (κ2) is 5.77. The van der Waals surface area contributed by atoms with Crippen LogP contribution >= 0.6 is 0 Å². The van der Waals surface area contributed by atoms with Crippen molar-refractivity contribution in [3.8, 4) is 0 Å². The highest BCUT2D eigenvalue weighted by Crippen LogP contribution is 2.06. The Morgan fingerprint density at radius 1 is 1.05 bits per heavy atom. The van der Waals surface area contributed by atoms with Crippen LogP contribution in [0.3, 0.4) is 0 Å². The molecule has 0 spiro atoms. The Balaban J connectivity index is 2.11. The number of rotatable bonds is 3. The molecular formula is C14H12FN2O2+. The lowest BCUT2D eigenvalue weighted by Gasteiger charge is -1.98. The smallest absolute Gasteiger partial charge is 0.284 e. The van der Waals surface area contributed by atoms with Crippen LogP contribution in [0.2, 0.25) is 0 Å². The molecule has 0 amide bonds. The van der Waals surface area contributed by atoms with E-state index in [1.165, 1.54) is 18.2 Å². The minimum absolute atomic E-state index is 0.157. The molecule has 0 saturated heterocycles. The van der Waals surface area contributed by atoms with Crippen molar-refractivity contribution in [1.29, 1.82) is 0 Å². The standard InChI is InChI=1S/C14H11FN2O2/c15-12-9-5-4-8-11(12)14(18)19-17-13(16)10-6-2-1-3-7-10/h1-9H,(H2,16,17)/p+1. The van der Waals surface area contributed by atoms with Crippen molar-refractivity contribution < 1.29 is 19.2 Å². The SMILES string of the molecule is NC(=[NH+]OC(=O)c1ccccc1F)c1ccccc1. The second-order valence-electron chi connectivity index (χ2n) is 3.75. The first-order valence-electron chi connectivity index (χ1n) is 5.58. The maximum Gasteiger partial charge on any atom is 0.390 e. The Morgan fingerprint density at radius 2 is 1.68 bits per heavy atom. The van der Waals surface area contributed by atoms with Crippen molar-refractivity contribution >= 4 is 11.8 Å². The highest BCUT2D eigenvalue weighted by atomic mass is 19.1. The average Bonchev–Trinajstić information content (AvgIpc) is 2.46. The number of nitrogen functional groups attached to an aromatic ring is 1. The van der Waals surface area contributed by atoms with E-state index in [2.05, 4.69) is 5.16 Å². The predicted octanol–water partition coefficient (Wildman–Crippen LogP) is 0.384. The van der Waals surface area contributed by atoms with Gasteiger partial charge in [0, 0.05) is 0 Å². The summed E-state index contributed by atoms with van der Waals surface area (Å²) < 4.78 is 13.3. The lowest BCUT2D eigenvalue weighted by atomic mass is 10.2. The number of nitrogens with one attached hydrogen (secondary N) is 1. The molecule has 0 heterocycles. The molecule has 0 aliphatic carbocycles. The quantitative estimate of drug-likeness (QED) is 0.362. The number of hydrogen-bond donors (Lipinski definition) is 2. The molecule has 4 nitrogen and oxygen atoms in total. The molecule has 96 valence electrons. The fourth-order valence-electron chi connectivity index (χ4n) is 1.46. The number of benzene rings is 2. The van der Waals surface area contributed by atoms with E-state index in [1.807, 2.05) is 6.07 Å². The third-order valence-electron chi connectivity index (χ3n) is 2.43. The average molecular weight is 259 g/mol. The number of amidine groups is 1. The summed E-state index contributed by atoms with van der Waals surface area (Å²) in [6.07, 6.45) is 0. The molecule has 0 aromatic heterocycles. The molecule has 0 fully saturated rings. The molecule has 0 aliphatic rings. The van der Waals surface area contributed by atoms with E-state index in [0.717, 1.165) is 0 Å². The maximum absolute atomic E-state index is 13.3. The van der Waals surface area contributed by atoms with Gasteiger partial charge in [-0.1, -0.05) is 35.5 Å². The number of carbonyl (C=O) groups excluding carboxylic acids is 1. The fourth-order valence-corrected chi connectivity index (χ4v) is 1.46. The van der Waals surface area contributed by atoms with E-state index in [4.69, 9.17) is 10.6 Å². The predicted molar refractivity (Wildman–Crippen MR) is 67.5 cm³/mol. The first-order valence-corrected chi connectivity index (χ1v) is 5.58. The van der Waals surface area contributed by atoms with Crippen LogP contribution in [-0.2, 0) is 4.84 Å². The zero-order chi connectivity index (χ0) is 13.7. The van der Waals surface area contributed by atoms with Crippen molar-refractivity contribution in [3.05, 3.63) is 71.5 Å². The van der Waals surface area contributed by atoms with E-state index < -0.39 is 11.8 Å². The van der Waals surface area contributed by atoms with Gasteiger partial charge in [-0.15, -0.1) is 0 Å². The van der Waals surface area contributed by atoms with Gasteiger partial charge >= 0.3 is 11.8 Å². The molecule has 0 bridgehead atoms. The van der Waals surface area contributed by atoms with Crippen molar-refractivity contribution in [2.24, 2.45) is 5.73 Å². The summed E-state index contributed by atoms with van der Waals surface area (Å²) in [6, 6.07) is 14.5. The highest BCUT2D eigenvalue weighted by molar-refractivity contribution is 5.93. The van der Waals surface area contributed by atoms with Crippen LogP contribution in [0.4, 0.5) is 4.39 Å². The van der Waals surface area contributed by atoms with Crippen molar-refractivity contribution in [1.82, 2.24) is 0 Å². The number of carbonyl (C=O) groups is 1. The Kier molecular flexibility index (Phi) is 3.87. The minimum Gasteiger partial charge on any atom is -0.284 e. The summed E-state index contributed by atoms with van der Waals surface area (Å²) in [5.41, 5.74) is 6.21. The summed E-state index contributed by atoms with van der Waals surface area (Å²) in [7, 11) is 0. The maximum atomic E-state index is 13.3. The second-order valence-corrected chi connectivity index (χ2v) is 3.75. The van der Waals surface area contributed by atoms with E-state index in [0.29, 0.717) is 5.56 Å². The molecule has 0 atom stereocenters. The fraction of sp³-hybridized carbons (Fsp3) is 0. The monoisotopic (exact) mass is 259 g/mol. The van der Waals surface area contributed by atoms with Crippen molar-refractivity contribution in [2.45, 2.75) is 0 Å². The molecule has 3 N–H and O–H groups in total. The molecule has 5 heteroatoms. The molecule has 0 unspecified atom stereocenters.